The smallest absolute Gasteiger partial charge is 0.151 e. The number of oxime groups is 1. The van der Waals surface area contributed by atoms with Crippen molar-refractivity contribution in [1.82, 2.24) is 0 Å². The summed E-state index contributed by atoms with van der Waals surface area (Å²) in [6.45, 7) is 0. The number of rotatable bonds is 1. The van der Waals surface area contributed by atoms with Crippen LogP contribution in [0.5, 0.6) is 11.5 Å². The Morgan fingerprint density at radius 3 is 2.76 bits per heavy atom. The van der Waals surface area contributed by atoms with E-state index in [4.69, 9.17) is 9.94 Å². The standard InChI is InChI=1S/C13H10N2O2/c16-14-8-9-5-6-11-13(7-9)17-12-4-2-1-3-10(12)15-11/h1-8,15-16H/b14-8+. The molecular weight excluding hydrogens is 216 g/mol. The third kappa shape index (κ3) is 1.69. The zero-order valence-electron chi connectivity index (χ0n) is 8.92. The van der Waals surface area contributed by atoms with Gasteiger partial charge in [0, 0.05) is 0 Å². The van der Waals surface area contributed by atoms with E-state index in [1.807, 2.05) is 42.5 Å². The molecule has 0 amide bonds. The number of hydrogen-bond acceptors (Lipinski definition) is 4. The molecule has 0 saturated heterocycles. The molecule has 0 fully saturated rings. The van der Waals surface area contributed by atoms with Gasteiger partial charge in [0.2, 0.25) is 0 Å². The van der Waals surface area contributed by atoms with Crippen molar-refractivity contribution >= 4 is 17.6 Å². The highest BCUT2D eigenvalue weighted by Gasteiger charge is 2.15. The number of anilines is 2. The van der Waals surface area contributed by atoms with Crippen LogP contribution in [-0.2, 0) is 0 Å². The van der Waals surface area contributed by atoms with Gasteiger partial charge in [-0.1, -0.05) is 23.4 Å². The molecule has 0 bridgehead atoms. The molecule has 0 aliphatic carbocycles. The van der Waals surface area contributed by atoms with Gasteiger partial charge in [-0.3, -0.25) is 0 Å². The summed E-state index contributed by atoms with van der Waals surface area (Å²) in [5, 5.41) is 14.8. The number of nitrogens with zero attached hydrogens (tertiary/aromatic N) is 1. The van der Waals surface area contributed by atoms with Crippen molar-refractivity contribution in [2.75, 3.05) is 5.32 Å². The van der Waals surface area contributed by atoms with Crippen LogP contribution in [0.3, 0.4) is 0 Å². The minimum atomic E-state index is 0.723. The molecular formula is C13H10N2O2. The molecule has 0 saturated carbocycles. The zero-order chi connectivity index (χ0) is 11.7. The molecule has 2 N–H and O–H groups in total. The molecule has 4 heteroatoms. The Morgan fingerprint density at radius 1 is 1.06 bits per heavy atom. The van der Waals surface area contributed by atoms with Gasteiger partial charge in [0.15, 0.2) is 11.5 Å². The molecule has 0 spiro atoms. The summed E-state index contributed by atoms with van der Waals surface area (Å²) >= 11 is 0. The summed E-state index contributed by atoms with van der Waals surface area (Å²) in [6, 6.07) is 13.3. The van der Waals surface area contributed by atoms with Crippen molar-refractivity contribution in [1.29, 1.82) is 0 Å². The second kappa shape index (κ2) is 3.83. The van der Waals surface area contributed by atoms with Crippen molar-refractivity contribution in [3.8, 4) is 11.5 Å². The van der Waals surface area contributed by atoms with E-state index in [9.17, 15) is 0 Å². The second-order valence-electron chi connectivity index (χ2n) is 3.72. The van der Waals surface area contributed by atoms with E-state index >= 15 is 0 Å². The van der Waals surface area contributed by atoms with E-state index in [1.165, 1.54) is 6.21 Å². The van der Waals surface area contributed by atoms with Crippen LogP contribution in [0.2, 0.25) is 0 Å². The Hall–Kier alpha value is -2.49. The third-order valence-corrected chi connectivity index (χ3v) is 2.59. The highest BCUT2D eigenvalue weighted by molar-refractivity contribution is 5.84. The topological polar surface area (TPSA) is 53.9 Å². The van der Waals surface area contributed by atoms with Gasteiger partial charge < -0.3 is 15.3 Å². The van der Waals surface area contributed by atoms with Crippen molar-refractivity contribution in [3.05, 3.63) is 48.0 Å². The van der Waals surface area contributed by atoms with E-state index in [0.29, 0.717) is 0 Å². The van der Waals surface area contributed by atoms with Crippen molar-refractivity contribution in [3.63, 3.8) is 0 Å². The minimum absolute atomic E-state index is 0.723. The molecule has 0 atom stereocenters. The number of fused-ring (bicyclic) bond motifs is 2. The molecule has 84 valence electrons. The van der Waals surface area contributed by atoms with E-state index in [-0.39, 0.29) is 0 Å². The first-order valence-corrected chi connectivity index (χ1v) is 5.22. The van der Waals surface area contributed by atoms with Gasteiger partial charge in [-0.15, -0.1) is 0 Å². The fourth-order valence-corrected chi connectivity index (χ4v) is 1.80. The Morgan fingerprint density at radius 2 is 1.88 bits per heavy atom. The molecule has 2 aromatic rings. The maximum absolute atomic E-state index is 8.49. The predicted molar refractivity (Wildman–Crippen MR) is 65.6 cm³/mol. The lowest BCUT2D eigenvalue weighted by Crippen LogP contribution is -2.02. The Balaban J connectivity index is 2.03. The molecule has 1 heterocycles. The number of para-hydroxylation sites is 2. The van der Waals surface area contributed by atoms with Gasteiger partial charge in [0.05, 0.1) is 17.6 Å². The first-order valence-electron chi connectivity index (χ1n) is 5.22. The molecule has 2 aromatic carbocycles. The maximum atomic E-state index is 8.49. The fraction of sp³-hybridized carbons (Fsp3) is 0. The van der Waals surface area contributed by atoms with Crippen molar-refractivity contribution < 1.29 is 9.94 Å². The summed E-state index contributed by atoms with van der Waals surface area (Å²) in [6.07, 6.45) is 1.37. The maximum Gasteiger partial charge on any atom is 0.151 e. The van der Waals surface area contributed by atoms with E-state index < -0.39 is 0 Å². The molecule has 17 heavy (non-hydrogen) atoms. The van der Waals surface area contributed by atoms with Gasteiger partial charge in [-0.05, 0) is 29.8 Å². The first kappa shape index (κ1) is 9.72. The SMILES string of the molecule is O/N=C/c1ccc2c(c1)Oc1ccccc1N2. The predicted octanol–water partition coefficient (Wildman–Crippen LogP) is 3.34. The molecule has 3 rings (SSSR count). The second-order valence-corrected chi connectivity index (χ2v) is 3.72. The van der Waals surface area contributed by atoms with E-state index in [2.05, 4.69) is 10.5 Å². The minimum Gasteiger partial charge on any atom is -0.453 e. The van der Waals surface area contributed by atoms with Crippen LogP contribution in [0.1, 0.15) is 5.56 Å². The first-order chi connectivity index (χ1) is 8.36. The number of benzene rings is 2. The largest absolute Gasteiger partial charge is 0.453 e. The van der Waals surface area contributed by atoms with Crippen LogP contribution in [0.25, 0.3) is 0 Å². The monoisotopic (exact) mass is 226 g/mol. The zero-order valence-corrected chi connectivity index (χ0v) is 8.92. The Bertz CT molecular complexity index is 594. The highest BCUT2D eigenvalue weighted by Crippen LogP contribution is 2.41. The molecule has 1 aliphatic rings. The molecule has 0 aromatic heterocycles. The van der Waals surface area contributed by atoms with Gasteiger partial charge in [0.25, 0.3) is 0 Å². The lowest BCUT2D eigenvalue weighted by Gasteiger charge is -2.21. The summed E-state index contributed by atoms with van der Waals surface area (Å²) in [4.78, 5) is 0. The summed E-state index contributed by atoms with van der Waals surface area (Å²) in [5.41, 5.74) is 2.63. The quantitative estimate of drug-likeness (QED) is 0.380. The van der Waals surface area contributed by atoms with Crippen LogP contribution < -0.4 is 10.1 Å². The van der Waals surface area contributed by atoms with Crippen LogP contribution in [-0.4, -0.2) is 11.4 Å². The van der Waals surface area contributed by atoms with Gasteiger partial charge in [-0.25, -0.2) is 0 Å². The Labute approximate surface area is 98.2 Å². The molecule has 0 radical (unpaired) electrons. The van der Waals surface area contributed by atoms with Crippen molar-refractivity contribution in [2.24, 2.45) is 5.16 Å². The van der Waals surface area contributed by atoms with Crippen molar-refractivity contribution in [2.45, 2.75) is 0 Å². The average Bonchev–Trinajstić information content (AvgIpc) is 2.36. The number of hydrogen-bond donors (Lipinski definition) is 2. The van der Waals surface area contributed by atoms with Gasteiger partial charge in [-0.2, -0.15) is 0 Å². The van der Waals surface area contributed by atoms with Crippen LogP contribution in [0.4, 0.5) is 11.4 Å². The normalized spacial score (nSPS) is 12.5. The molecule has 4 nitrogen and oxygen atoms in total. The lowest BCUT2D eigenvalue weighted by molar-refractivity contribution is 0.322. The third-order valence-electron chi connectivity index (χ3n) is 2.59. The molecule has 0 unspecified atom stereocenters. The Kier molecular flexibility index (Phi) is 2.19. The number of ether oxygens (including phenoxy) is 1. The summed E-state index contributed by atoms with van der Waals surface area (Å²) in [7, 11) is 0. The average molecular weight is 226 g/mol. The number of nitrogens with one attached hydrogen (secondary N) is 1. The van der Waals surface area contributed by atoms with E-state index in [0.717, 1.165) is 28.4 Å². The van der Waals surface area contributed by atoms with Crippen LogP contribution in [0.15, 0.2) is 47.6 Å². The van der Waals surface area contributed by atoms with Gasteiger partial charge >= 0.3 is 0 Å². The van der Waals surface area contributed by atoms with Crippen LogP contribution >= 0.6 is 0 Å². The lowest BCUT2D eigenvalue weighted by atomic mass is 10.1. The summed E-state index contributed by atoms with van der Waals surface area (Å²) in [5.74, 6) is 1.51. The summed E-state index contributed by atoms with van der Waals surface area (Å²) < 4.78 is 5.76. The highest BCUT2D eigenvalue weighted by atomic mass is 16.5. The fourth-order valence-electron chi connectivity index (χ4n) is 1.80. The molecule has 1 aliphatic heterocycles. The van der Waals surface area contributed by atoms with E-state index in [1.54, 1.807) is 0 Å². The van der Waals surface area contributed by atoms with Gasteiger partial charge in [0.1, 0.15) is 0 Å². The van der Waals surface area contributed by atoms with Crippen LogP contribution in [0, 0.1) is 0 Å².